The molecule has 0 aromatic heterocycles. The fourth-order valence-corrected chi connectivity index (χ4v) is 2.92. The number of unbranched alkanes of at least 4 members (excludes halogenated alkanes) is 4. The molecule has 0 unspecified atom stereocenters. The summed E-state index contributed by atoms with van der Waals surface area (Å²) in [5, 5.41) is 3.36. The molecule has 0 saturated carbocycles. The molecule has 1 rings (SSSR count). The van der Waals surface area contributed by atoms with Crippen LogP contribution in [0.4, 0.5) is 0 Å². The van der Waals surface area contributed by atoms with Crippen molar-refractivity contribution < 1.29 is 4.74 Å². The van der Waals surface area contributed by atoms with Crippen molar-refractivity contribution in [1.29, 1.82) is 0 Å². The van der Waals surface area contributed by atoms with Crippen molar-refractivity contribution >= 4 is 11.8 Å². The lowest BCUT2D eigenvalue weighted by Gasteiger charge is -2.06. The van der Waals surface area contributed by atoms with Crippen molar-refractivity contribution in [2.75, 3.05) is 26.0 Å². The van der Waals surface area contributed by atoms with Crippen LogP contribution < -0.4 is 5.32 Å². The smallest absolute Gasteiger partial charge is 0.0587 e. The number of hydrogen-bond donors (Lipinski definition) is 1. The van der Waals surface area contributed by atoms with Gasteiger partial charge in [0, 0.05) is 25.1 Å². The number of ether oxygens (including phenoxy) is 1. The van der Waals surface area contributed by atoms with Gasteiger partial charge in [-0.1, -0.05) is 44.7 Å². The summed E-state index contributed by atoms with van der Waals surface area (Å²) in [7, 11) is 1.73. The highest BCUT2D eigenvalue weighted by atomic mass is 32.2. The molecule has 1 aromatic rings. The van der Waals surface area contributed by atoms with E-state index in [1.807, 2.05) is 11.8 Å². The van der Waals surface area contributed by atoms with Crippen LogP contribution in [-0.4, -0.2) is 26.0 Å². The highest BCUT2D eigenvalue weighted by Gasteiger charge is 1.96. The van der Waals surface area contributed by atoms with Gasteiger partial charge >= 0.3 is 0 Å². The second-order valence-electron chi connectivity index (χ2n) is 5.08. The van der Waals surface area contributed by atoms with E-state index in [-0.39, 0.29) is 0 Å². The first-order chi connectivity index (χ1) is 9.86. The summed E-state index contributed by atoms with van der Waals surface area (Å²) >= 11 is 1.98. The lowest BCUT2D eigenvalue weighted by atomic mass is 10.2. The Morgan fingerprint density at radius 3 is 2.50 bits per heavy atom. The fourth-order valence-electron chi connectivity index (χ4n) is 2.01. The van der Waals surface area contributed by atoms with Gasteiger partial charge in [-0.25, -0.2) is 0 Å². The van der Waals surface area contributed by atoms with Crippen molar-refractivity contribution in [1.82, 2.24) is 5.32 Å². The summed E-state index contributed by atoms with van der Waals surface area (Å²) < 4.78 is 5.01. The van der Waals surface area contributed by atoms with E-state index in [1.165, 1.54) is 48.3 Å². The van der Waals surface area contributed by atoms with Crippen LogP contribution >= 0.6 is 11.8 Å². The maximum atomic E-state index is 5.01. The number of nitrogens with one attached hydrogen (secondary N) is 1. The number of rotatable bonds is 12. The van der Waals surface area contributed by atoms with Gasteiger partial charge in [0.15, 0.2) is 0 Å². The quantitative estimate of drug-likeness (QED) is 0.453. The largest absolute Gasteiger partial charge is 0.383 e. The fraction of sp³-hybridized carbons (Fsp3) is 0.647. The second-order valence-corrected chi connectivity index (χ2v) is 6.24. The molecule has 0 atom stereocenters. The molecule has 0 aliphatic carbocycles. The zero-order valence-corrected chi connectivity index (χ0v) is 13.8. The topological polar surface area (TPSA) is 21.3 Å². The average Bonchev–Trinajstić information content (AvgIpc) is 2.49. The van der Waals surface area contributed by atoms with Gasteiger partial charge in [0.25, 0.3) is 0 Å². The first-order valence-corrected chi connectivity index (χ1v) is 8.76. The Morgan fingerprint density at radius 2 is 1.80 bits per heavy atom. The van der Waals surface area contributed by atoms with E-state index in [4.69, 9.17) is 4.74 Å². The van der Waals surface area contributed by atoms with Crippen molar-refractivity contribution in [3.63, 3.8) is 0 Å². The Kier molecular flexibility index (Phi) is 10.7. The van der Waals surface area contributed by atoms with Crippen LogP contribution in [0.3, 0.4) is 0 Å². The summed E-state index contributed by atoms with van der Waals surface area (Å²) in [5.41, 5.74) is 1.34. The Hall–Kier alpha value is -0.510. The summed E-state index contributed by atoms with van der Waals surface area (Å²) in [6.45, 7) is 4.86. The molecule has 1 N–H and O–H groups in total. The molecule has 0 bridgehead atoms. The maximum absolute atomic E-state index is 5.01. The van der Waals surface area contributed by atoms with Crippen molar-refractivity contribution in [2.45, 2.75) is 50.5 Å². The van der Waals surface area contributed by atoms with E-state index < -0.39 is 0 Å². The second kappa shape index (κ2) is 12.2. The summed E-state index contributed by atoms with van der Waals surface area (Å²) in [5.74, 6) is 1.25. The molecule has 0 saturated heterocycles. The molecule has 0 spiro atoms. The van der Waals surface area contributed by atoms with E-state index in [0.717, 1.165) is 19.7 Å². The average molecular weight is 295 g/mol. The molecule has 0 aliphatic heterocycles. The molecule has 0 radical (unpaired) electrons. The van der Waals surface area contributed by atoms with Crippen LogP contribution in [0.5, 0.6) is 0 Å². The highest BCUT2D eigenvalue weighted by Crippen LogP contribution is 2.20. The molecule has 0 amide bonds. The number of methoxy groups -OCH3 is 1. The van der Waals surface area contributed by atoms with Gasteiger partial charge in [0.05, 0.1) is 6.61 Å². The Bertz CT molecular complexity index is 326. The maximum Gasteiger partial charge on any atom is 0.0587 e. The summed E-state index contributed by atoms with van der Waals surface area (Å²) in [6, 6.07) is 8.92. The summed E-state index contributed by atoms with van der Waals surface area (Å²) in [4.78, 5) is 1.39. The number of benzene rings is 1. The van der Waals surface area contributed by atoms with Crippen LogP contribution in [0, 0.1) is 0 Å². The van der Waals surface area contributed by atoms with Gasteiger partial charge < -0.3 is 10.1 Å². The highest BCUT2D eigenvalue weighted by molar-refractivity contribution is 7.99. The Labute approximate surface area is 128 Å². The molecule has 2 nitrogen and oxygen atoms in total. The molecule has 114 valence electrons. The number of thioether (sulfide) groups is 1. The lowest BCUT2D eigenvalue weighted by Crippen LogP contribution is -2.18. The van der Waals surface area contributed by atoms with Gasteiger partial charge in [0.1, 0.15) is 0 Å². The van der Waals surface area contributed by atoms with Crippen LogP contribution in [0.2, 0.25) is 0 Å². The Morgan fingerprint density at radius 1 is 1.05 bits per heavy atom. The van der Waals surface area contributed by atoms with Gasteiger partial charge in [0.2, 0.25) is 0 Å². The van der Waals surface area contributed by atoms with Crippen LogP contribution in [0.25, 0.3) is 0 Å². The molecule has 3 heteroatoms. The molecule has 0 aliphatic rings. The molecule has 0 heterocycles. The third-order valence-corrected chi connectivity index (χ3v) is 4.35. The number of hydrogen-bond acceptors (Lipinski definition) is 3. The third kappa shape index (κ3) is 8.62. The molecule has 0 fully saturated rings. The zero-order valence-electron chi connectivity index (χ0n) is 13.0. The minimum Gasteiger partial charge on any atom is -0.383 e. The predicted octanol–water partition coefficient (Wildman–Crippen LogP) is 4.49. The first kappa shape index (κ1) is 17.5. The molecule has 1 aromatic carbocycles. The van der Waals surface area contributed by atoms with Crippen LogP contribution in [0.15, 0.2) is 29.2 Å². The van der Waals surface area contributed by atoms with Crippen molar-refractivity contribution in [2.24, 2.45) is 0 Å². The SMILES string of the molecule is CCCCCCCSc1ccc(CNCCOC)cc1. The van der Waals surface area contributed by atoms with E-state index in [1.54, 1.807) is 7.11 Å². The molecular weight excluding hydrogens is 266 g/mol. The standard InChI is InChI=1S/C17H29NOS/c1-3-4-5-6-7-14-20-17-10-8-16(9-11-17)15-18-12-13-19-2/h8-11,18H,3-7,12-15H2,1-2H3. The minimum absolute atomic E-state index is 0.770. The Balaban J connectivity index is 2.12. The minimum atomic E-state index is 0.770. The third-order valence-electron chi connectivity index (χ3n) is 3.25. The predicted molar refractivity (Wildman–Crippen MR) is 89.5 cm³/mol. The van der Waals surface area contributed by atoms with Crippen molar-refractivity contribution in [3.8, 4) is 0 Å². The normalized spacial score (nSPS) is 10.9. The van der Waals surface area contributed by atoms with Gasteiger partial charge in [-0.3, -0.25) is 0 Å². The van der Waals surface area contributed by atoms with Crippen molar-refractivity contribution in [3.05, 3.63) is 29.8 Å². The molecule has 20 heavy (non-hydrogen) atoms. The van der Waals surface area contributed by atoms with Gasteiger partial charge in [-0.15, -0.1) is 11.8 Å². The van der Waals surface area contributed by atoms with E-state index in [0.29, 0.717) is 0 Å². The molecular formula is C17H29NOS. The van der Waals surface area contributed by atoms with E-state index in [2.05, 4.69) is 36.5 Å². The zero-order chi connectivity index (χ0) is 14.5. The lowest BCUT2D eigenvalue weighted by molar-refractivity contribution is 0.199. The van der Waals surface area contributed by atoms with Crippen LogP contribution in [-0.2, 0) is 11.3 Å². The van der Waals surface area contributed by atoms with Gasteiger partial charge in [-0.2, -0.15) is 0 Å². The van der Waals surface area contributed by atoms with E-state index >= 15 is 0 Å². The summed E-state index contributed by atoms with van der Waals surface area (Å²) in [6.07, 6.45) is 6.82. The van der Waals surface area contributed by atoms with Crippen LogP contribution in [0.1, 0.15) is 44.6 Å². The van der Waals surface area contributed by atoms with Gasteiger partial charge in [-0.05, 0) is 29.9 Å². The first-order valence-electron chi connectivity index (χ1n) is 7.78. The van der Waals surface area contributed by atoms with E-state index in [9.17, 15) is 0 Å². The monoisotopic (exact) mass is 295 g/mol.